The molecule has 3 N–H and O–H groups in total. The summed E-state index contributed by atoms with van der Waals surface area (Å²) < 4.78 is 1.07. The van der Waals surface area contributed by atoms with Gasteiger partial charge in [0, 0.05) is 4.47 Å². The minimum atomic E-state index is 0.449. The third-order valence-electron chi connectivity index (χ3n) is 1.46. The van der Waals surface area contributed by atoms with Gasteiger partial charge in [0.05, 0.1) is 16.8 Å². The molecule has 0 spiro atoms. The summed E-state index contributed by atoms with van der Waals surface area (Å²) in [5.41, 5.74) is 6.41. The maximum absolute atomic E-state index is 5.46. The Labute approximate surface area is 81.8 Å². The average Bonchev–Trinajstić information content (AvgIpc) is 2.58. The van der Waals surface area contributed by atoms with Gasteiger partial charge >= 0.3 is 0 Å². The highest BCUT2D eigenvalue weighted by atomic mass is 79.9. The molecule has 0 aromatic carbocycles. The van der Waals surface area contributed by atoms with Crippen LogP contribution in [-0.2, 0) is 0 Å². The van der Waals surface area contributed by atoms with E-state index in [2.05, 4.69) is 25.9 Å². The Balaban J connectivity index is 2.50. The fourth-order valence-corrected chi connectivity index (χ4v) is 2.49. The lowest BCUT2D eigenvalue weighted by atomic mass is 10.4. The van der Waals surface area contributed by atoms with Crippen molar-refractivity contribution in [3.05, 3.63) is 22.1 Å². The lowest BCUT2D eigenvalue weighted by Gasteiger charge is -1.91. The zero-order valence-electron chi connectivity index (χ0n) is 6.04. The number of H-pyrrole nitrogens is 1. The Morgan fingerprint density at radius 3 is 2.92 bits per heavy atom. The van der Waals surface area contributed by atoms with Crippen molar-refractivity contribution in [2.75, 3.05) is 5.73 Å². The highest BCUT2D eigenvalue weighted by molar-refractivity contribution is 9.10. The third kappa shape index (κ3) is 1.25. The zero-order chi connectivity index (χ0) is 8.55. The number of anilines is 1. The molecule has 0 aliphatic rings. The molecule has 0 saturated carbocycles. The molecule has 62 valence electrons. The van der Waals surface area contributed by atoms with Gasteiger partial charge < -0.3 is 10.7 Å². The Kier molecular flexibility index (Phi) is 1.90. The predicted molar refractivity (Wildman–Crippen MR) is 54.0 cm³/mol. The Morgan fingerprint density at radius 1 is 1.58 bits per heavy atom. The highest BCUT2D eigenvalue weighted by Crippen LogP contribution is 2.32. The number of rotatable bonds is 1. The minimum Gasteiger partial charge on any atom is -0.369 e. The van der Waals surface area contributed by atoms with E-state index in [1.54, 1.807) is 17.5 Å². The van der Waals surface area contributed by atoms with E-state index in [-0.39, 0.29) is 0 Å². The monoisotopic (exact) mass is 243 g/mol. The number of halogens is 1. The number of hydrogen-bond acceptors (Lipinski definition) is 3. The lowest BCUT2D eigenvalue weighted by Crippen LogP contribution is -1.84. The second kappa shape index (κ2) is 2.91. The van der Waals surface area contributed by atoms with E-state index in [1.807, 2.05) is 11.4 Å². The van der Waals surface area contributed by atoms with Crippen LogP contribution in [-0.4, -0.2) is 9.97 Å². The van der Waals surface area contributed by atoms with E-state index in [4.69, 9.17) is 5.73 Å². The summed E-state index contributed by atoms with van der Waals surface area (Å²) in [6, 6.07) is 2.00. The van der Waals surface area contributed by atoms with Crippen molar-refractivity contribution < 1.29 is 0 Å². The molecule has 3 nitrogen and oxygen atoms in total. The van der Waals surface area contributed by atoms with Crippen LogP contribution < -0.4 is 5.73 Å². The van der Waals surface area contributed by atoms with Crippen LogP contribution in [0, 0.1) is 0 Å². The predicted octanol–water partition coefficient (Wildman–Crippen LogP) is 2.48. The van der Waals surface area contributed by atoms with Gasteiger partial charge in [-0.2, -0.15) is 0 Å². The maximum Gasteiger partial charge on any atom is 0.197 e. The number of thiophene rings is 1. The third-order valence-corrected chi connectivity index (χ3v) is 3.33. The molecule has 0 bridgehead atoms. The summed E-state index contributed by atoms with van der Waals surface area (Å²) in [5, 5.41) is 2.01. The zero-order valence-corrected chi connectivity index (χ0v) is 8.45. The fourth-order valence-electron chi connectivity index (χ4n) is 0.938. The first kappa shape index (κ1) is 7.82. The topological polar surface area (TPSA) is 54.7 Å². The largest absolute Gasteiger partial charge is 0.369 e. The average molecular weight is 244 g/mol. The van der Waals surface area contributed by atoms with Crippen LogP contribution >= 0.6 is 27.3 Å². The molecule has 0 aliphatic heterocycles. The minimum absolute atomic E-state index is 0.449. The van der Waals surface area contributed by atoms with Crippen molar-refractivity contribution in [3.63, 3.8) is 0 Å². The number of nitrogens with two attached hydrogens (primary N) is 1. The molecular weight excluding hydrogens is 238 g/mol. The summed E-state index contributed by atoms with van der Waals surface area (Å²) in [4.78, 5) is 8.01. The van der Waals surface area contributed by atoms with Gasteiger partial charge in [0.1, 0.15) is 0 Å². The smallest absolute Gasteiger partial charge is 0.197 e. The molecule has 0 atom stereocenters. The first-order chi connectivity index (χ1) is 5.77. The fraction of sp³-hybridized carbons (Fsp3) is 0. The molecule has 0 aliphatic carbocycles. The van der Waals surface area contributed by atoms with E-state index in [1.165, 1.54) is 0 Å². The molecular formula is C7H6BrN3S. The van der Waals surface area contributed by atoms with Gasteiger partial charge in [-0.05, 0) is 27.4 Å². The number of aromatic nitrogens is 2. The number of aromatic amines is 1. The van der Waals surface area contributed by atoms with Crippen LogP contribution in [0.25, 0.3) is 10.6 Å². The van der Waals surface area contributed by atoms with Gasteiger partial charge in [-0.15, -0.1) is 11.3 Å². The summed E-state index contributed by atoms with van der Waals surface area (Å²) in [7, 11) is 0. The van der Waals surface area contributed by atoms with Crippen molar-refractivity contribution in [2.45, 2.75) is 0 Å². The molecule has 0 saturated heterocycles. The van der Waals surface area contributed by atoms with E-state index in [0.717, 1.165) is 15.0 Å². The quantitative estimate of drug-likeness (QED) is 0.809. The van der Waals surface area contributed by atoms with Crippen LogP contribution in [0.3, 0.4) is 0 Å². The van der Waals surface area contributed by atoms with Gasteiger partial charge in [0.15, 0.2) is 5.95 Å². The molecule has 2 rings (SSSR count). The summed E-state index contributed by atoms with van der Waals surface area (Å²) >= 11 is 5.08. The summed E-state index contributed by atoms with van der Waals surface area (Å²) in [6.07, 6.45) is 1.73. The van der Waals surface area contributed by atoms with Crippen molar-refractivity contribution in [1.29, 1.82) is 0 Å². The van der Waals surface area contributed by atoms with Crippen LogP contribution in [0.15, 0.2) is 22.1 Å². The molecule has 0 fully saturated rings. The molecule has 2 aromatic rings. The molecule has 2 aromatic heterocycles. The first-order valence-electron chi connectivity index (χ1n) is 3.31. The van der Waals surface area contributed by atoms with Gasteiger partial charge in [-0.25, -0.2) is 4.98 Å². The maximum atomic E-state index is 5.46. The number of nitrogens with zero attached hydrogens (tertiary/aromatic N) is 1. The van der Waals surface area contributed by atoms with Crippen LogP contribution in [0.4, 0.5) is 5.95 Å². The molecule has 0 unspecified atom stereocenters. The van der Waals surface area contributed by atoms with Gasteiger partial charge in [-0.1, -0.05) is 0 Å². The van der Waals surface area contributed by atoms with Gasteiger partial charge in [0.25, 0.3) is 0 Å². The lowest BCUT2D eigenvalue weighted by molar-refractivity contribution is 1.33. The molecule has 2 heterocycles. The van der Waals surface area contributed by atoms with Gasteiger partial charge in [0.2, 0.25) is 0 Å². The Morgan fingerprint density at radius 2 is 2.42 bits per heavy atom. The second-order valence-electron chi connectivity index (χ2n) is 2.28. The van der Waals surface area contributed by atoms with Crippen molar-refractivity contribution in [2.24, 2.45) is 0 Å². The van der Waals surface area contributed by atoms with E-state index >= 15 is 0 Å². The number of nitrogen functional groups attached to an aromatic ring is 1. The van der Waals surface area contributed by atoms with Crippen LogP contribution in [0.2, 0.25) is 0 Å². The van der Waals surface area contributed by atoms with Crippen LogP contribution in [0.1, 0.15) is 0 Å². The van der Waals surface area contributed by atoms with Crippen molar-refractivity contribution in [1.82, 2.24) is 9.97 Å². The number of hydrogen-bond donors (Lipinski definition) is 2. The standard InChI is InChI=1S/C7H6BrN3S/c8-4-1-2-12-6(4)5-3-10-7(9)11-5/h1-3H,(H3,9,10,11). The molecule has 5 heteroatoms. The number of imidazole rings is 1. The van der Waals surface area contributed by atoms with E-state index < -0.39 is 0 Å². The first-order valence-corrected chi connectivity index (χ1v) is 4.98. The summed E-state index contributed by atoms with van der Waals surface area (Å²) in [6.45, 7) is 0. The molecule has 12 heavy (non-hydrogen) atoms. The van der Waals surface area contributed by atoms with E-state index in [9.17, 15) is 0 Å². The SMILES string of the molecule is Nc1ncc(-c2sccc2Br)[nH]1. The van der Waals surface area contributed by atoms with Crippen LogP contribution in [0.5, 0.6) is 0 Å². The summed E-state index contributed by atoms with van der Waals surface area (Å²) in [5.74, 6) is 0.449. The second-order valence-corrected chi connectivity index (χ2v) is 4.05. The normalized spacial score (nSPS) is 10.4. The highest BCUT2D eigenvalue weighted by Gasteiger charge is 2.06. The molecule has 0 radical (unpaired) electrons. The van der Waals surface area contributed by atoms with Gasteiger partial charge in [-0.3, -0.25) is 0 Å². The van der Waals surface area contributed by atoms with Crippen molar-refractivity contribution in [3.8, 4) is 10.6 Å². The van der Waals surface area contributed by atoms with E-state index in [0.29, 0.717) is 5.95 Å². The number of nitrogens with one attached hydrogen (secondary N) is 1. The Hall–Kier alpha value is -0.810. The van der Waals surface area contributed by atoms with Crippen molar-refractivity contribution >= 4 is 33.2 Å². The molecule has 0 amide bonds. The Bertz CT molecular complexity index is 393.